The van der Waals surface area contributed by atoms with Crippen molar-refractivity contribution >= 4 is 27.8 Å². The summed E-state index contributed by atoms with van der Waals surface area (Å²) in [6.07, 6.45) is 2.97. The standard InChI is InChI=1S/C27H33N5O3/c1-16-25-23(35-17(2)29-25)12-20(26(16)34-15-33-6)21-8-7-18-11-24(28-13-22(18)30-21)32-10-9-19(14-32)31-27(3,4)5/h7-8,11-13,19,31H,9-10,14-15H2,1-6H3/t19-/m1/s1. The molecule has 1 saturated heterocycles. The molecule has 1 aromatic carbocycles. The number of aryl methyl sites for hydroxylation is 2. The number of hydrogen-bond acceptors (Lipinski definition) is 8. The van der Waals surface area contributed by atoms with Crippen molar-refractivity contribution in [3.8, 4) is 17.0 Å². The second kappa shape index (κ2) is 9.09. The summed E-state index contributed by atoms with van der Waals surface area (Å²) in [7, 11) is 1.60. The van der Waals surface area contributed by atoms with Crippen LogP contribution in [0.15, 0.2) is 34.9 Å². The molecule has 0 radical (unpaired) electrons. The number of anilines is 1. The highest BCUT2D eigenvalue weighted by molar-refractivity contribution is 5.90. The minimum absolute atomic E-state index is 0.107. The van der Waals surface area contributed by atoms with Crippen molar-refractivity contribution in [2.45, 2.75) is 52.6 Å². The summed E-state index contributed by atoms with van der Waals surface area (Å²) in [5, 5.41) is 4.76. The fraction of sp³-hybridized carbons (Fsp3) is 0.444. The highest BCUT2D eigenvalue weighted by Gasteiger charge is 2.27. The molecule has 8 nitrogen and oxygen atoms in total. The summed E-state index contributed by atoms with van der Waals surface area (Å²) in [5.74, 6) is 2.30. The molecule has 4 heterocycles. The minimum Gasteiger partial charge on any atom is -0.466 e. The third-order valence-electron chi connectivity index (χ3n) is 6.28. The van der Waals surface area contributed by atoms with Crippen molar-refractivity contribution < 1.29 is 13.9 Å². The summed E-state index contributed by atoms with van der Waals surface area (Å²) < 4.78 is 17.0. The number of oxazole rings is 1. The van der Waals surface area contributed by atoms with E-state index in [2.05, 4.69) is 48.1 Å². The molecule has 0 saturated carbocycles. The van der Waals surface area contributed by atoms with Gasteiger partial charge in [-0.2, -0.15) is 0 Å². The van der Waals surface area contributed by atoms with Crippen molar-refractivity contribution in [3.05, 3.63) is 41.9 Å². The van der Waals surface area contributed by atoms with Gasteiger partial charge in [-0.25, -0.2) is 15.0 Å². The Hall–Kier alpha value is -3.23. The second-order valence-corrected chi connectivity index (χ2v) is 10.3. The smallest absolute Gasteiger partial charge is 0.192 e. The fourth-order valence-corrected chi connectivity index (χ4v) is 4.85. The molecule has 8 heteroatoms. The number of nitrogens with zero attached hydrogens (tertiary/aromatic N) is 4. The monoisotopic (exact) mass is 475 g/mol. The van der Waals surface area contributed by atoms with Gasteiger partial charge in [0.2, 0.25) is 0 Å². The third-order valence-corrected chi connectivity index (χ3v) is 6.28. The van der Waals surface area contributed by atoms with Crippen LogP contribution in [-0.2, 0) is 4.74 Å². The Morgan fingerprint density at radius 1 is 1.17 bits per heavy atom. The quantitative estimate of drug-likeness (QED) is 0.390. The molecule has 0 amide bonds. The SMILES string of the molecule is COCOc1c(-c2ccc3cc(N4CC[C@@H](NC(C)(C)C)C4)ncc3n2)cc2oc(C)nc2c1C. The van der Waals surface area contributed by atoms with E-state index in [1.807, 2.05) is 32.2 Å². The number of rotatable bonds is 6. The maximum atomic E-state index is 5.96. The average molecular weight is 476 g/mol. The molecule has 1 aliphatic heterocycles. The maximum Gasteiger partial charge on any atom is 0.192 e. The van der Waals surface area contributed by atoms with E-state index in [1.165, 1.54) is 0 Å². The van der Waals surface area contributed by atoms with Gasteiger partial charge in [0.15, 0.2) is 18.3 Å². The number of benzene rings is 1. The zero-order valence-corrected chi connectivity index (χ0v) is 21.3. The van der Waals surface area contributed by atoms with Crippen LogP contribution in [0.25, 0.3) is 33.3 Å². The lowest BCUT2D eigenvalue weighted by molar-refractivity contribution is 0.0511. The van der Waals surface area contributed by atoms with Crippen LogP contribution in [0.3, 0.4) is 0 Å². The van der Waals surface area contributed by atoms with Crippen molar-refractivity contribution in [3.63, 3.8) is 0 Å². The molecule has 4 aromatic rings. The van der Waals surface area contributed by atoms with Crippen molar-refractivity contribution in [1.29, 1.82) is 0 Å². The summed E-state index contributed by atoms with van der Waals surface area (Å²) in [6, 6.07) is 8.65. The van der Waals surface area contributed by atoms with Crippen LogP contribution < -0.4 is 15.0 Å². The third kappa shape index (κ3) is 4.81. The first-order valence-electron chi connectivity index (χ1n) is 12.0. The summed E-state index contributed by atoms with van der Waals surface area (Å²) in [6.45, 7) is 12.5. The van der Waals surface area contributed by atoms with Crippen LogP contribution in [0.1, 0.15) is 38.6 Å². The molecule has 0 spiro atoms. The first kappa shape index (κ1) is 23.5. The fourth-order valence-electron chi connectivity index (χ4n) is 4.85. The predicted octanol–water partition coefficient (Wildman–Crippen LogP) is 5.00. The number of aromatic nitrogens is 3. The molecule has 1 atom stereocenters. The van der Waals surface area contributed by atoms with Crippen molar-refractivity contribution in [1.82, 2.24) is 20.3 Å². The maximum absolute atomic E-state index is 5.96. The van der Waals surface area contributed by atoms with Crippen LogP contribution in [0, 0.1) is 13.8 Å². The van der Waals surface area contributed by atoms with Crippen molar-refractivity contribution in [2.75, 3.05) is 31.9 Å². The van der Waals surface area contributed by atoms with E-state index < -0.39 is 0 Å². The van der Waals surface area contributed by atoms with Crippen LogP contribution in [0.5, 0.6) is 5.75 Å². The molecule has 184 valence electrons. The zero-order chi connectivity index (χ0) is 24.7. The van der Waals surface area contributed by atoms with Gasteiger partial charge in [0.25, 0.3) is 0 Å². The normalized spacial score (nSPS) is 16.5. The predicted molar refractivity (Wildman–Crippen MR) is 138 cm³/mol. The molecule has 0 bridgehead atoms. The van der Waals surface area contributed by atoms with Gasteiger partial charge >= 0.3 is 0 Å². The highest BCUT2D eigenvalue weighted by atomic mass is 16.7. The van der Waals surface area contributed by atoms with E-state index in [-0.39, 0.29) is 12.3 Å². The topological polar surface area (TPSA) is 85.5 Å². The molecule has 0 aliphatic carbocycles. The van der Waals surface area contributed by atoms with Gasteiger partial charge in [0.05, 0.1) is 17.4 Å². The van der Waals surface area contributed by atoms with E-state index in [9.17, 15) is 0 Å². The van der Waals surface area contributed by atoms with E-state index in [0.717, 1.165) is 58.6 Å². The summed E-state index contributed by atoms with van der Waals surface area (Å²) >= 11 is 0. The van der Waals surface area contributed by atoms with Gasteiger partial charge in [0.1, 0.15) is 17.1 Å². The molecule has 35 heavy (non-hydrogen) atoms. The molecule has 0 unspecified atom stereocenters. The largest absolute Gasteiger partial charge is 0.466 e. The van der Waals surface area contributed by atoms with Gasteiger partial charge in [-0.1, -0.05) is 6.07 Å². The van der Waals surface area contributed by atoms with E-state index in [0.29, 0.717) is 23.3 Å². The molecule has 1 aliphatic rings. The van der Waals surface area contributed by atoms with Crippen LogP contribution in [0.2, 0.25) is 0 Å². The zero-order valence-electron chi connectivity index (χ0n) is 21.3. The number of ether oxygens (including phenoxy) is 2. The van der Waals surface area contributed by atoms with E-state index in [4.69, 9.17) is 23.9 Å². The van der Waals surface area contributed by atoms with Gasteiger partial charge in [-0.15, -0.1) is 0 Å². The molecule has 1 N–H and O–H groups in total. The van der Waals surface area contributed by atoms with Gasteiger partial charge in [-0.05, 0) is 52.3 Å². The molecule has 1 fully saturated rings. The van der Waals surface area contributed by atoms with E-state index in [1.54, 1.807) is 7.11 Å². The molecule has 5 rings (SSSR count). The van der Waals surface area contributed by atoms with Gasteiger partial charge in [-0.3, -0.25) is 0 Å². The lowest BCUT2D eigenvalue weighted by Crippen LogP contribution is -2.44. The number of pyridine rings is 2. The minimum atomic E-state index is 0.107. The Balaban J connectivity index is 1.48. The van der Waals surface area contributed by atoms with Crippen LogP contribution in [0.4, 0.5) is 5.82 Å². The Morgan fingerprint density at radius 2 is 2.00 bits per heavy atom. The second-order valence-electron chi connectivity index (χ2n) is 10.3. The Morgan fingerprint density at radius 3 is 2.77 bits per heavy atom. The lowest BCUT2D eigenvalue weighted by atomic mass is 10.0. The average Bonchev–Trinajstić information content (AvgIpc) is 3.42. The van der Waals surface area contributed by atoms with Crippen LogP contribution >= 0.6 is 0 Å². The molecule has 3 aromatic heterocycles. The Bertz CT molecular complexity index is 1380. The molecular formula is C27H33N5O3. The first-order chi connectivity index (χ1) is 16.7. The number of fused-ring (bicyclic) bond motifs is 2. The molecular weight excluding hydrogens is 442 g/mol. The first-order valence-corrected chi connectivity index (χ1v) is 12.0. The number of nitrogens with one attached hydrogen (secondary N) is 1. The number of hydrogen-bond donors (Lipinski definition) is 1. The van der Waals surface area contributed by atoms with Crippen molar-refractivity contribution in [2.24, 2.45) is 0 Å². The van der Waals surface area contributed by atoms with Crippen LogP contribution in [-0.4, -0.2) is 53.5 Å². The summed E-state index contributed by atoms with van der Waals surface area (Å²) in [4.78, 5) is 16.5. The van der Waals surface area contributed by atoms with Gasteiger partial charge < -0.3 is 24.1 Å². The number of methoxy groups -OCH3 is 1. The van der Waals surface area contributed by atoms with Gasteiger partial charge in [0, 0.05) is 55.2 Å². The summed E-state index contributed by atoms with van der Waals surface area (Å²) in [5.41, 5.74) is 4.96. The Kier molecular flexibility index (Phi) is 6.11. The Labute approximate surface area is 205 Å². The van der Waals surface area contributed by atoms with E-state index >= 15 is 0 Å². The highest BCUT2D eigenvalue weighted by Crippen LogP contribution is 2.38. The lowest BCUT2D eigenvalue weighted by Gasteiger charge is -2.26.